The maximum absolute atomic E-state index is 13.6. The topological polar surface area (TPSA) is 61.2 Å². The van der Waals surface area contributed by atoms with Crippen LogP contribution in [-0.2, 0) is 22.4 Å². The zero-order valence-corrected chi connectivity index (χ0v) is 14.3. The molecule has 2 heterocycles. The van der Waals surface area contributed by atoms with Crippen LogP contribution in [0.3, 0.4) is 0 Å². The van der Waals surface area contributed by atoms with Crippen LogP contribution in [0.4, 0.5) is 4.39 Å². The van der Waals surface area contributed by atoms with Gasteiger partial charge in [0.2, 0.25) is 0 Å². The van der Waals surface area contributed by atoms with Crippen LogP contribution in [0.5, 0.6) is 0 Å². The van der Waals surface area contributed by atoms with Crippen molar-refractivity contribution in [1.29, 1.82) is 0 Å². The minimum absolute atomic E-state index is 0.00991. The van der Waals surface area contributed by atoms with E-state index < -0.39 is 0 Å². The second-order valence-electron chi connectivity index (χ2n) is 6.74. The van der Waals surface area contributed by atoms with E-state index in [-0.39, 0.29) is 24.0 Å². The van der Waals surface area contributed by atoms with Crippen molar-refractivity contribution in [2.45, 2.75) is 44.0 Å². The number of aryl methyl sites for hydroxylation is 1. The molecule has 2 aliphatic rings. The molecule has 0 saturated carbocycles. The van der Waals surface area contributed by atoms with Crippen molar-refractivity contribution in [3.63, 3.8) is 0 Å². The molecular formula is C18H23FN4O2. The summed E-state index contributed by atoms with van der Waals surface area (Å²) in [5.41, 5.74) is 3.17. The number of nitrogens with zero attached hydrogens (tertiary/aromatic N) is 3. The summed E-state index contributed by atoms with van der Waals surface area (Å²) < 4.78 is 26.3. The largest absolute Gasteiger partial charge is 0.377 e. The molecule has 1 aromatic carbocycles. The van der Waals surface area contributed by atoms with Gasteiger partial charge in [0.05, 0.1) is 25.1 Å². The zero-order valence-electron chi connectivity index (χ0n) is 14.3. The van der Waals surface area contributed by atoms with Gasteiger partial charge in [0.1, 0.15) is 18.0 Å². The first kappa shape index (κ1) is 16.6. The lowest BCUT2D eigenvalue weighted by atomic mass is 9.87. The third-order valence-electron chi connectivity index (χ3n) is 5.15. The Balaban J connectivity index is 1.42. The Morgan fingerprint density at radius 3 is 3.20 bits per heavy atom. The van der Waals surface area contributed by atoms with E-state index in [0.29, 0.717) is 19.8 Å². The number of halogens is 1. The van der Waals surface area contributed by atoms with Gasteiger partial charge in [0.25, 0.3) is 0 Å². The van der Waals surface area contributed by atoms with E-state index in [0.717, 1.165) is 30.5 Å². The molecular weight excluding hydrogens is 323 g/mol. The molecule has 1 aromatic heterocycles. The summed E-state index contributed by atoms with van der Waals surface area (Å²) >= 11 is 0. The fraction of sp³-hybridized carbons (Fsp3) is 0.556. The number of aromatic nitrogens is 3. The number of benzene rings is 1. The minimum Gasteiger partial charge on any atom is -0.377 e. The molecule has 0 bridgehead atoms. The van der Waals surface area contributed by atoms with Crippen molar-refractivity contribution in [2.75, 3.05) is 20.3 Å². The summed E-state index contributed by atoms with van der Waals surface area (Å²) in [4.78, 5) is 0. The Labute approximate surface area is 146 Å². The molecule has 1 fully saturated rings. The maximum atomic E-state index is 13.6. The van der Waals surface area contributed by atoms with Crippen molar-refractivity contribution in [2.24, 2.45) is 0 Å². The van der Waals surface area contributed by atoms with Crippen LogP contribution in [0, 0.1) is 5.82 Å². The Kier molecular flexibility index (Phi) is 4.78. The monoisotopic (exact) mass is 346 g/mol. The number of rotatable bonds is 5. The van der Waals surface area contributed by atoms with Gasteiger partial charge < -0.3 is 14.8 Å². The van der Waals surface area contributed by atoms with E-state index >= 15 is 0 Å². The van der Waals surface area contributed by atoms with Crippen molar-refractivity contribution >= 4 is 0 Å². The van der Waals surface area contributed by atoms with E-state index in [2.05, 4.69) is 15.6 Å². The predicted octanol–water partition coefficient (Wildman–Crippen LogP) is 2.17. The molecule has 6 nitrogen and oxygen atoms in total. The summed E-state index contributed by atoms with van der Waals surface area (Å²) in [7, 11) is 1.69. The van der Waals surface area contributed by atoms with Crippen LogP contribution in [0.25, 0.3) is 0 Å². The fourth-order valence-electron chi connectivity index (χ4n) is 3.76. The van der Waals surface area contributed by atoms with E-state index in [9.17, 15) is 4.39 Å². The van der Waals surface area contributed by atoms with Crippen molar-refractivity contribution in [3.05, 3.63) is 47.0 Å². The fourth-order valence-corrected chi connectivity index (χ4v) is 3.76. The summed E-state index contributed by atoms with van der Waals surface area (Å²) in [5, 5.41) is 12.0. The average molecular weight is 346 g/mol. The first-order valence-corrected chi connectivity index (χ1v) is 8.77. The van der Waals surface area contributed by atoms with Gasteiger partial charge in [-0.15, -0.1) is 5.10 Å². The Morgan fingerprint density at radius 1 is 1.40 bits per heavy atom. The highest BCUT2D eigenvalue weighted by Gasteiger charge is 2.30. The highest BCUT2D eigenvalue weighted by atomic mass is 19.1. The van der Waals surface area contributed by atoms with Crippen molar-refractivity contribution in [1.82, 2.24) is 20.3 Å². The molecule has 1 aliphatic heterocycles. The number of nitrogens with one attached hydrogen (secondary N) is 1. The summed E-state index contributed by atoms with van der Waals surface area (Å²) in [6.45, 7) is 1.77. The zero-order chi connectivity index (χ0) is 17.2. The molecule has 25 heavy (non-hydrogen) atoms. The highest BCUT2D eigenvalue weighted by molar-refractivity contribution is 5.32. The molecule has 2 aromatic rings. The Hall–Kier alpha value is -1.83. The first-order chi connectivity index (χ1) is 12.2. The van der Waals surface area contributed by atoms with Crippen LogP contribution in [-0.4, -0.2) is 41.4 Å². The van der Waals surface area contributed by atoms with Crippen LogP contribution >= 0.6 is 0 Å². The summed E-state index contributed by atoms with van der Waals surface area (Å²) in [6, 6.07) is 5.33. The van der Waals surface area contributed by atoms with Crippen LogP contribution < -0.4 is 5.32 Å². The lowest BCUT2D eigenvalue weighted by Crippen LogP contribution is -2.25. The van der Waals surface area contributed by atoms with Crippen molar-refractivity contribution in [3.8, 4) is 0 Å². The maximum Gasteiger partial charge on any atom is 0.123 e. The number of hydrogen-bond acceptors (Lipinski definition) is 5. The summed E-state index contributed by atoms with van der Waals surface area (Å²) in [5.74, 6) is -0.176. The molecule has 0 spiro atoms. The predicted molar refractivity (Wildman–Crippen MR) is 89.6 cm³/mol. The van der Waals surface area contributed by atoms with Gasteiger partial charge in [-0.1, -0.05) is 11.3 Å². The van der Waals surface area contributed by atoms with Gasteiger partial charge in [0.15, 0.2) is 0 Å². The average Bonchev–Trinajstić information content (AvgIpc) is 3.28. The molecule has 1 aliphatic carbocycles. The lowest BCUT2D eigenvalue weighted by molar-refractivity contribution is 0.0661. The molecule has 1 unspecified atom stereocenters. The van der Waals surface area contributed by atoms with Gasteiger partial charge in [-0.05, 0) is 42.5 Å². The third-order valence-corrected chi connectivity index (χ3v) is 5.15. The van der Waals surface area contributed by atoms with Crippen LogP contribution in [0.2, 0.25) is 0 Å². The standard InChI is InChI=1S/C18H23FN4O2/c1-24-18-11-25-10-17(18)23-9-14(21-22-23)8-20-16-4-2-3-12-5-6-13(19)7-15(12)16/h5-7,9,16-18,20H,2-4,8,10-11H2,1H3/t16?,17-,18-/m1/s1. The molecule has 4 rings (SSSR count). The molecule has 134 valence electrons. The van der Waals surface area contributed by atoms with E-state index in [1.807, 2.05) is 16.9 Å². The van der Waals surface area contributed by atoms with E-state index in [1.54, 1.807) is 19.2 Å². The molecule has 0 amide bonds. The molecule has 3 atom stereocenters. The number of ether oxygens (including phenoxy) is 2. The molecule has 1 saturated heterocycles. The van der Waals surface area contributed by atoms with Gasteiger partial charge in [0, 0.05) is 19.7 Å². The van der Waals surface area contributed by atoms with E-state index in [1.165, 1.54) is 5.56 Å². The van der Waals surface area contributed by atoms with Gasteiger partial charge in [-0.25, -0.2) is 9.07 Å². The van der Waals surface area contributed by atoms with Gasteiger partial charge in [-0.2, -0.15) is 0 Å². The molecule has 7 heteroatoms. The second kappa shape index (κ2) is 7.19. The minimum atomic E-state index is -0.176. The van der Waals surface area contributed by atoms with Crippen LogP contribution in [0.1, 0.15) is 41.7 Å². The Bertz CT molecular complexity index is 736. The van der Waals surface area contributed by atoms with E-state index in [4.69, 9.17) is 9.47 Å². The number of hydrogen-bond donors (Lipinski definition) is 1. The first-order valence-electron chi connectivity index (χ1n) is 8.77. The highest BCUT2D eigenvalue weighted by Crippen LogP contribution is 2.30. The smallest absolute Gasteiger partial charge is 0.123 e. The van der Waals surface area contributed by atoms with Crippen molar-refractivity contribution < 1.29 is 13.9 Å². The lowest BCUT2D eigenvalue weighted by Gasteiger charge is -2.26. The molecule has 0 radical (unpaired) electrons. The normalized spacial score (nSPS) is 25.9. The Morgan fingerprint density at radius 2 is 2.32 bits per heavy atom. The third kappa shape index (κ3) is 3.44. The molecule has 1 N–H and O–H groups in total. The number of fused-ring (bicyclic) bond motifs is 1. The van der Waals surface area contributed by atoms with Gasteiger partial charge >= 0.3 is 0 Å². The summed E-state index contributed by atoms with van der Waals surface area (Å²) in [6.07, 6.45) is 5.08. The van der Waals surface area contributed by atoms with Crippen LogP contribution in [0.15, 0.2) is 24.4 Å². The number of methoxy groups -OCH3 is 1. The SMILES string of the molecule is CO[C@@H]1COC[C@H]1n1cc(CNC2CCCc3ccc(F)cc32)nn1. The second-order valence-corrected chi connectivity index (χ2v) is 6.74. The quantitative estimate of drug-likeness (QED) is 0.899. The van der Waals surface area contributed by atoms with Gasteiger partial charge in [-0.3, -0.25) is 0 Å².